The summed E-state index contributed by atoms with van der Waals surface area (Å²) < 4.78 is 0. The van der Waals surface area contributed by atoms with Crippen LogP contribution >= 0.6 is 0 Å². The number of amides is 1. The first-order valence-corrected chi connectivity index (χ1v) is 4.00. The Labute approximate surface area is 73.2 Å². The van der Waals surface area contributed by atoms with Gasteiger partial charge in [-0.1, -0.05) is 25.7 Å². The second kappa shape index (κ2) is 6.68. The number of carbonyl (C=O) groups excluding carboxylic acids is 1. The quantitative estimate of drug-likeness (QED) is 0.591. The minimum absolute atomic E-state index is 0.0113. The Balaban J connectivity index is 3.44. The van der Waals surface area contributed by atoms with Crippen molar-refractivity contribution >= 4 is 5.91 Å². The number of rotatable bonds is 3. The first kappa shape index (κ1) is 11.0. The van der Waals surface area contributed by atoms with E-state index in [1.807, 2.05) is 13.8 Å². The molecule has 0 aliphatic heterocycles. The molecule has 0 atom stereocenters. The molecule has 0 spiro atoms. The lowest BCUT2D eigenvalue weighted by Gasteiger charge is -2.02. The van der Waals surface area contributed by atoms with Crippen molar-refractivity contribution in [3.05, 3.63) is 0 Å². The molecule has 0 fully saturated rings. The van der Waals surface area contributed by atoms with Crippen molar-refractivity contribution < 1.29 is 9.90 Å². The molecular formula is C9H15NO2. The SMILES string of the molecule is CC(C)CC(=O)NCC#CCO. The van der Waals surface area contributed by atoms with Gasteiger partial charge < -0.3 is 10.4 Å². The molecule has 12 heavy (non-hydrogen) atoms. The van der Waals surface area contributed by atoms with Crippen molar-refractivity contribution in [2.45, 2.75) is 20.3 Å². The molecule has 0 aromatic rings. The van der Waals surface area contributed by atoms with Crippen molar-refractivity contribution in [1.82, 2.24) is 5.32 Å². The van der Waals surface area contributed by atoms with Crippen molar-refractivity contribution in [2.75, 3.05) is 13.2 Å². The van der Waals surface area contributed by atoms with Gasteiger partial charge in [0.1, 0.15) is 6.61 Å². The number of nitrogens with one attached hydrogen (secondary N) is 1. The van der Waals surface area contributed by atoms with Gasteiger partial charge in [-0.15, -0.1) is 0 Å². The Kier molecular flexibility index (Phi) is 6.12. The molecule has 1 amide bonds. The molecule has 0 unspecified atom stereocenters. The molecule has 68 valence electrons. The molecule has 2 N–H and O–H groups in total. The van der Waals surface area contributed by atoms with Gasteiger partial charge in [0.25, 0.3) is 0 Å². The fraction of sp³-hybridized carbons (Fsp3) is 0.667. The molecule has 0 saturated carbocycles. The van der Waals surface area contributed by atoms with Crippen molar-refractivity contribution in [2.24, 2.45) is 5.92 Å². The van der Waals surface area contributed by atoms with Crippen molar-refractivity contribution in [3.8, 4) is 11.8 Å². The summed E-state index contributed by atoms with van der Waals surface area (Å²) in [6.07, 6.45) is 0.529. The van der Waals surface area contributed by atoms with Crippen LogP contribution in [0, 0.1) is 17.8 Å². The largest absolute Gasteiger partial charge is 0.384 e. The van der Waals surface area contributed by atoms with Crippen LogP contribution in [0.15, 0.2) is 0 Å². The van der Waals surface area contributed by atoms with Crippen LogP contribution in [0.4, 0.5) is 0 Å². The second-order valence-corrected chi connectivity index (χ2v) is 2.89. The van der Waals surface area contributed by atoms with Crippen LogP contribution in [0.1, 0.15) is 20.3 Å². The summed E-state index contributed by atoms with van der Waals surface area (Å²) in [6.45, 7) is 4.14. The van der Waals surface area contributed by atoms with Gasteiger partial charge in [0.15, 0.2) is 0 Å². The van der Waals surface area contributed by atoms with Crippen LogP contribution in [0.25, 0.3) is 0 Å². The van der Waals surface area contributed by atoms with Gasteiger partial charge in [0.2, 0.25) is 5.91 Å². The average Bonchev–Trinajstić information content (AvgIpc) is 1.97. The standard InChI is InChI=1S/C9H15NO2/c1-8(2)7-9(12)10-5-3-4-6-11/h8,11H,5-7H2,1-2H3,(H,10,12). The highest BCUT2D eigenvalue weighted by atomic mass is 16.2. The summed E-state index contributed by atoms with van der Waals surface area (Å²) in [5.74, 6) is 5.44. The number of hydrogen-bond donors (Lipinski definition) is 2. The second-order valence-electron chi connectivity index (χ2n) is 2.89. The Hall–Kier alpha value is -1.01. The fourth-order valence-corrected chi connectivity index (χ4v) is 0.704. The Morgan fingerprint density at radius 1 is 1.50 bits per heavy atom. The number of aliphatic hydroxyl groups excluding tert-OH is 1. The van der Waals surface area contributed by atoms with E-state index in [1.54, 1.807) is 0 Å². The summed E-state index contributed by atoms with van der Waals surface area (Å²) in [4.78, 5) is 11.0. The van der Waals surface area contributed by atoms with Crippen LogP contribution < -0.4 is 5.32 Å². The fourth-order valence-electron chi connectivity index (χ4n) is 0.704. The maximum absolute atomic E-state index is 11.0. The Bertz CT molecular complexity index is 188. The van der Waals surface area contributed by atoms with E-state index in [0.717, 1.165) is 0 Å². The first-order chi connectivity index (χ1) is 5.66. The van der Waals surface area contributed by atoms with Gasteiger partial charge in [-0.3, -0.25) is 4.79 Å². The Morgan fingerprint density at radius 2 is 2.17 bits per heavy atom. The predicted molar refractivity (Wildman–Crippen MR) is 47.3 cm³/mol. The molecule has 0 aromatic heterocycles. The lowest BCUT2D eigenvalue weighted by Crippen LogP contribution is -2.24. The molecular weight excluding hydrogens is 154 g/mol. The highest BCUT2D eigenvalue weighted by Crippen LogP contribution is 1.97. The summed E-state index contributed by atoms with van der Waals surface area (Å²) in [6, 6.07) is 0. The lowest BCUT2D eigenvalue weighted by molar-refractivity contribution is -0.121. The van der Waals surface area contributed by atoms with Gasteiger partial charge >= 0.3 is 0 Å². The van der Waals surface area contributed by atoms with Gasteiger partial charge in [0, 0.05) is 6.42 Å². The van der Waals surface area contributed by atoms with Crippen LogP contribution in [0.5, 0.6) is 0 Å². The van der Waals surface area contributed by atoms with Crippen molar-refractivity contribution in [3.63, 3.8) is 0 Å². The maximum atomic E-state index is 11.0. The molecule has 0 aliphatic rings. The van der Waals surface area contributed by atoms with E-state index in [4.69, 9.17) is 5.11 Å². The molecule has 0 aliphatic carbocycles. The van der Waals surface area contributed by atoms with Crippen LogP contribution in [-0.2, 0) is 4.79 Å². The predicted octanol–water partition coefficient (Wildman–Crippen LogP) is 0.144. The highest BCUT2D eigenvalue weighted by molar-refractivity contribution is 5.76. The van der Waals surface area contributed by atoms with Crippen LogP contribution in [0.3, 0.4) is 0 Å². The zero-order chi connectivity index (χ0) is 9.40. The maximum Gasteiger partial charge on any atom is 0.221 e. The summed E-state index contributed by atoms with van der Waals surface area (Å²) in [5, 5.41) is 10.9. The minimum Gasteiger partial charge on any atom is -0.384 e. The normalized spacial score (nSPS) is 9.00. The molecule has 0 rings (SSSR count). The lowest BCUT2D eigenvalue weighted by atomic mass is 10.1. The van der Waals surface area contributed by atoms with E-state index in [0.29, 0.717) is 18.9 Å². The molecule has 0 saturated heterocycles. The molecule has 3 nitrogen and oxygen atoms in total. The van der Waals surface area contributed by atoms with E-state index < -0.39 is 0 Å². The van der Waals surface area contributed by atoms with E-state index in [-0.39, 0.29) is 12.5 Å². The molecule has 0 bridgehead atoms. The Morgan fingerprint density at radius 3 is 2.67 bits per heavy atom. The monoisotopic (exact) mass is 169 g/mol. The van der Waals surface area contributed by atoms with Gasteiger partial charge in [-0.05, 0) is 5.92 Å². The molecule has 3 heteroatoms. The van der Waals surface area contributed by atoms with Crippen molar-refractivity contribution in [1.29, 1.82) is 0 Å². The summed E-state index contributed by atoms with van der Waals surface area (Å²) >= 11 is 0. The smallest absolute Gasteiger partial charge is 0.221 e. The number of aliphatic hydroxyl groups is 1. The van der Waals surface area contributed by atoms with Gasteiger partial charge in [0.05, 0.1) is 6.54 Å². The van der Waals surface area contributed by atoms with E-state index in [1.165, 1.54) is 0 Å². The van der Waals surface area contributed by atoms with E-state index in [9.17, 15) is 4.79 Å². The summed E-state index contributed by atoms with van der Waals surface area (Å²) in [7, 11) is 0. The zero-order valence-corrected chi connectivity index (χ0v) is 7.55. The van der Waals surface area contributed by atoms with E-state index in [2.05, 4.69) is 17.2 Å². The topological polar surface area (TPSA) is 49.3 Å². The third kappa shape index (κ3) is 7.10. The van der Waals surface area contributed by atoms with Crippen LogP contribution in [-0.4, -0.2) is 24.2 Å². The molecule has 0 aromatic carbocycles. The molecule has 0 heterocycles. The number of carbonyl (C=O) groups is 1. The zero-order valence-electron chi connectivity index (χ0n) is 7.55. The number of hydrogen-bond acceptors (Lipinski definition) is 2. The van der Waals surface area contributed by atoms with Gasteiger partial charge in [-0.25, -0.2) is 0 Å². The third-order valence-electron chi connectivity index (χ3n) is 1.17. The van der Waals surface area contributed by atoms with E-state index >= 15 is 0 Å². The minimum atomic E-state index is -0.153. The highest BCUT2D eigenvalue weighted by Gasteiger charge is 2.01. The average molecular weight is 169 g/mol. The first-order valence-electron chi connectivity index (χ1n) is 4.00. The van der Waals surface area contributed by atoms with Gasteiger partial charge in [-0.2, -0.15) is 0 Å². The van der Waals surface area contributed by atoms with Crippen LogP contribution in [0.2, 0.25) is 0 Å². The molecule has 0 radical (unpaired) electrons. The summed E-state index contributed by atoms with van der Waals surface area (Å²) in [5.41, 5.74) is 0. The third-order valence-corrected chi connectivity index (χ3v) is 1.17.